The van der Waals surface area contributed by atoms with Gasteiger partial charge in [0.2, 0.25) is 0 Å². The van der Waals surface area contributed by atoms with E-state index in [1.165, 1.54) is 11.1 Å². The second-order valence-electron chi connectivity index (χ2n) is 8.11. The number of benzene rings is 2. The SMILES string of the molecule is C=CC(Cc1ccc(OC)cc1)N(CCC#C[Si](C)(C)C)Cc1ccccc1. The van der Waals surface area contributed by atoms with Crippen LogP contribution in [-0.2, 0) is 13.0 Å². The quantitative estimate of drug-likeness (QED) is 0.315. The molecule has 0 saturated carbocycles. The maximum absolute atomic E-state index is 5.28. The van der Waals surface area contributed by atoms with Gasteiger partial charge in [0.25, 0.3) is 0 Å². The summed E-state index contributed by atoms with van der Waals surface area (Å²) in [5, 5.41) is 0. The van der Waals surface area contributed by atoms with Gasteiger partial charge in [0.1, 0.15) is 13.8 Å². The van der Waals surface area contributed by atoms with Crippen molar-refractivity contribution >= 4 is 8.07 Å². The van der Waals surface area contributed by atoms with E-state index in [-0.39, 0.29) is 6.04 Å². The van der Waals surface area contributed by atoms with Crippen LogP contribution in [0.15, 0.2) is 67.3 Å². The van der Waals surface area contributed by atoms with Crippen molar-refractivity contribution in [1.82, 2.24) is 4.90 Å². The van der Waals surface area contributed by atoms with Crippen molar-refractivity contribution in [2.45, 2.75) is 45.1 Å². The lowest BCUT2D eigenvalue weighted by Gasteiger charge is -2.29. The summed E-state index contributed by atoms with van der Waals surface area (Å²) in [5.41, 5.74) is 6.09. The Labute approximate surface area is 172 Å². The van der Waals surface area contributed by atoms with Gasteiger partial charge in [-0.25, -0.2) is 0 Å². The fraction of sp³-hybridized carbons (Fsp3) is 0.360. The van der Waals surface area contributed by atoms with Gasteiger partial charge in [0.05, 0.1) is 7.11 Å². The van der Waals surface area contributed by atoms with E-state index < -0.39 is 8.07 Å². The van der Waals surface area contributed by atoms with Crippen LogP contribution < -0.4 is 4.74 Å². The lowest BCUT2D eigenvalue weighted by Crippen LogP contribution is -2.35. The highest BCUT2D eigenvalue weighted by Gasteiger charge is 2.16. The second-order valence-corrected chi connectivity index (χ2v) is 12.9. The first-order valence-corrected chi connectivity index (χ1v) is 13.4. The molecule has 0 bridgehead atoms. The molecule has 0 aromatic heterocycles. The van der Waals surface area contributed by atoms with Gasteiger partial charge in [-0.1, -0.05) is 68.2 Å². The molecule has 0 fully saturated rings. The molecule has 0 aliphatic rings. The average molecular weight is 392 g/mol. The molecule has 2 nitrogen and oxygen atoms in total. The van der Waals surface area contributed by atoms with Gasteiger partial charge in [-0.15, -0.1) is 18.0 Å². The van der Waals surface area contributed by atoms with E-state index in [0.29, 0.717) is 0 Å². The van der Waals surface area contributed by atoms with Gasteiger partial charge < -0.3 is 4.74 Å². The standard InChI is InChI=1S/C25H33NOSi/c1-6-24(20-22-14-16-25(27-2)17-15-22)26(18-10-11-19-28(3,4)5)21-23-12-8-7-9-13-23/h6-9,12-17,24H,1,10,18,20-21H2,2-5H3. The van der Waals surface area contributed by atoms with E-state index in [1.807, 2.05) is 12.1 Å². The predicted octanol–water partition coefficient (Wildman–Crippen LogP) is 5.57. The van der Waals surface area contributed by atoms with Crippen LogP contribution in [0.1, 0.15) is 17.5 Å². The lowest BCUT2D eigenvalue weighted by atomic mass is 10.0. The largest absolute Gasteiger partial charge is 0.497 e. The van der Waals surface area contributed by atoms with Gasteiger partial charge >= 0.3 is 0 Å². The van der Waals surface area contributed by atoms with Crippen molar-refractivity contribution in [3.8, 4) is 17.2 Å². The zero-order chi connectivity index (χ0) is 20.4. The van der Waals surface area contributed by atoms with Gasteiger partial charge in [-0.2, -0.15) is 0 Å². The molecule has 0 saturated heterocycles. The van der Waals surface area contributed by atoms with Crippen molar-refractivity contribution in [3.63, 3.8) is 0 Å². The molecule has 0 heterocycles. The summed E-state index contributed by atoms with van der Waals surface area (Å²) in [7, 11) is 0.379. The number of hydrogen-bond donors (Lipinski definition) is 0. The zero-order valence-electron chi connectivity index (χ0n) is 17.7. The Morgan fingerprint density at radius 1 is 1.04 bits per heavy atom. The Bertz CT molecular complexity index is 781. The summed E-state index contributed by atoms with van der Waals surface area (Å²) in [6.45, 7) is 12.8. The molecule has 28 heavy (non-hydrogen) atoms. The Kier molecular flexibility index (Phi) is 8.57. The summed E-state index contributed by atoms with van der Waals surface area (Å²) in [4.78, 5) is 2.49. The van der Waals surface area contributed by atoms with Crippen LogP contribution in [0, 0.1) is 11.5 Å². The molecule has 0 spiro atoms. The van der Waals surface area contributed by atoms with Crippen molar-refractivity contribution in [2.24, 2.45) is 0 Å². The maximum atomic E-state index is 5.28. The Balaban J connectivity index is 2.13. The van der Waals surface area contributed by atoms with Crippen molar-refractivity contribution < 1.29 is 4.74 Å². The third-order valence-corrected chi connectivity index (χ3v) is 5.49. The van der Waals surface area contributed by atoms with Crippen LogP contribution in [0.3, 0.4) is 0 Å². The number of hydrogen-bond acceptors (Lipinski definition) is 2. The van der Waals surface area contributed by atoms with Crippen LogP contribution in [0.5, 0.6) is 5.75 Å². The molecule has 0 radical (unpaired) electrons. The molecule has 2 aromatic carbocycles. The molecule has 0 N–H and O–H groups in total. The van der Waals surface area contributed by atoms with E-state index in [1.54, 1.807) is 7.11 Å². The normalized spacial score (nSPS) is 12.2. The molecule has 2 aromatic rings. The van der Waals surface area contributed by atoms with Gasteiger partial charge in [-0.05, 0) is 29.7 Å². The van der Waals surface area contributed by atoms with E-state index in [2.05, 4.69) is 91.1 Å². The topological polar surface area (TPSA) is 12.5 Å². The highest BCUT2D eigenvalue weighted by Crippen LogP contribution is 2.17. The maximum Gasteiger partial charge on any atom is 0.129 e. The highest BCUT2D eigenvalue weighted by atomic mass is 28.3. The van der Waals surface area contributed by atoms with E-state index in [4.69, 9.17) is 4.74 Å². The number of methoxy groups -OCH3 is 1. The van der Waals surface area contributed by atoms with Gasteiger partial charge in [0, 0.05) is 25.6 Å². The molecule has 1 unspecified atom stereocenters. The summed E-state index contributed by atoms with van der Waals surface area (Å²) in [6.07, 6.45) is 3.89. The monoisotopic (exact) mass is 391 g/mol. The molecular weight excluding hydrogens is 358 g/mol. The number of rotatable bonds is 9. The fourth-order valence-electron chi connectivity index (χ4n) is 3.07. The number of ether oxygens (including phenoxy) is 1. The predicted molar refractivity (Wildman–Crippen MR) is 123 cm³/mol. The fourth-order valence-corrected chi connectivity index (χ4v) is 3.73. The van der Waals surface area contributed by atoms with Crippen LogP contribution >= 0.6 is 0 Å². The van der Waals surface area contributed by atoms with Crippen LogP contribution in [0.25, 0.3) is 0 Å². The second kappa shape index (κ2) is 10.9. The molecule has 2 rings (SSSR count). The smallest absolute Gasteiger partial charge is 0.129 e. The molecule has 0 aliphatic heterocycles. The summed E-state index contributed by atoms with van der Waals surface area (Å²) in [6, 6.07) is 19.2. The van der Waals surface area contributed by atoms with Gasteiger partial charge in [-0.3, -0.25) is 4.90 Å². The minimum atomic E-state index is -1.32. The first-order chi connectivity index (χ1) is 13.4. The van der Waals surface area contributed by atoms with Crippen LogP contribution in [0.2, 0.25) is 19.6 Å². The van der Waals surface area contributed by atoms with Crippen molar-refractivity contribution in [2.75, 3.05) is 13.7 Å². The minimum Gasteiger partial charge on any atom is -0.497 e. The molecule has 0 amide bonds. The number of nitrogens with zero attached hydrogens (tertiary/aromatic N) is 1. The average Bonchev–Trinajstić information content (AvgIpc) is 2.69. The third kappa shape index (κ3) is 7.76. The van der Waals surface area contributed by atoms with Crippen LogP contribution in [-0.4, -0.2) is 32.7 Å². The zero-order valence-corrected chi connectivity index (χ0v) is 18.7. The molecule has 3 heteroatoms. The molecular formula is C25H33NOSi. The summed E-state index contributed by atoms with van der Waals surface area (Å²) < 4.78 is 5.28. The third-order valence-electron chi connectivity index (χ3n) is 4.56. The van der Waals surface area contributed by atoms with Crippen LogP contribution in [0.4, 0.5) is 0 Å². The van der Waals surface area contributed by atoms with Crippen molar-refractivity contribution in [3.05, 3.63) is 78.4 Å². The van der Waals surface area contributed by atoms with E-state index >= 15 is 0 Å². The first kappa shape index (κ1) is 22.0. The molecule has 0 aliphatic carbocycles. The minimum absolute atomic E-state index is 0.266. The van der Waals surface area contributed by atoms with E-state index in [0.717, 1.165) is 31.7 Å². The molecule has 1 atom stereocenters. The highest BCUT2D eigenvalue weighted by molar-refractivity contribution is 6.83. The first-order valence-electron chi connectivity index (χ1n) is 9.95. The van der Waals surface area contributed by atoms with E-state index in [9.17, 15) is 0 Å². The lowest BCUT2D eigenvalue weighted by molar-refractivity contribution is 0.224. The van der Waals surface area contributed by atoms with Crippen molar-refractivity contribution in [1.29, 1.82) is 0 Å². The van der Waals surface area contributed by atoms with Gasteiger partial charge in [0.15, 0.2) is 0 Å². The molecule has 148 valence electrons. The summed E-state index contributed by atoms with van der Waals surface area (Å²) >= 11 is 0. The Morgan fingerprint density at radius 3 is 2.29 bits per heavy atom. The summed E-state index contributed by atoms with van der Waals surface area (Å²) in [5.74, 6) is 4.31. The Morgan fingerprint density at radius 2 is 1.71 bits per heavy atom. The Hall–Kier alpha value is -2.28.